The lowest BCUT2D eigenvalue weighted by atomic mass is 10.0. The van der Waals surface area contributed by atoms with Gasteiger partial charge >= 0.3 is 0 Å². The highest BCUT2D eigenvalue weighted by atomic mass is 32.2. The molecule has 7 nitrogen and oxygen atoms in total. The van der Waals surface area contributed by atoms with E-state index in [9.17, 15) is 4.79 Å². The number of pyridine rings is 1. The second-order valence-corrected chi connectivity index (χ2v) is 10.1. The van der Waals surface area contributed by atoms with E-state index in [1.54, 1.807) is 25.1 Å². The van der Waals surface area contributed by atoms with E-state index in [-0.39, 0.29) is 18.0 Å². The molecule has 1 fully saturated rings. The van der Waals surface area contributed by atoms with Gasteiger partial charge in [-0.1, -0.05) is 35.5 Å². The summed E-state index contributed by atoms with van der Waals surface area (Å²) >= 11 is 7.38. The highest BCUT2D eigenvalue weighted by Crippen LogP contribution is 2.44. The molecular formula is C28H26N4O3S2. The van der Waals surface area contributed by atoms with Crippen LogP contribution in [0.5, 0.6) is 5.75 Å². The molecule has 0 aliphatic carbocycles. The van der Waals surface area contributed by atoms with E-state index in [2.05, 4.69) is 46.8 Å². The number of carbonyl (C=O) groups excluding carboxylic acids is 1. The summed E-state index contributed by atoms with van der Waals surface area (Å²) < 4.78 is 11.8. The van der Waals surface area contributed by atoms with Crippen LogP contribution < -0.4 is 20.3 Å². The molecule has 3 heterocycles. The molecule has 0 spiro atoms. The molecule has 0 radical (unpaired) electrons. The Morgan fingerprint density at radius 3 is 2.65 bits per heavy atom. The molecule has 1 aliphatic heterocycles. The molecule has 0 saturated carbocycles. The molecule has 2 unspecified atom stereocenters. The minimum Gasteiger partial charge on any atom is -0.495 e. The van der Waals surface area contributed by atoms with Crippen LogP contribution in [0.2, 0.25) is 0 Å². The van der Waals surface area contributed by atoms with E-state index < -0.39 is 0 Å². The number of hydrogen-bond acceptors (Lipinski definition) is 6. The predicted molar refractivity (Wildman–Crippen MR) is 149 cm³/mol. The van der Waals surface area contributed by atoms with E-state index in [4.69, 9.17) is 21.4 Å². The summed E-state index contributed by atoms with van der Waals surface area (Å²) in [6.07, 6.45) is 1.77. The number of aryl methyl sites for hydroxylation is 1. The van der Waals surface area contributed by atoms with Gasteiger partial charge in [-0.3, -0.25) is 9.78 Å². The topological polar surface area (TPSA) is 79.6 Å². The van der Waals surface area contributed by atoms with E-state index in [1.807, 2.05) is 53.4 Å². The predicted octanol–water partition coefficient (Wildman–Crippen LogP) is 6.28. The molecule has 2 atom stereocenters. The standard InChI is InChI=1S/C28H26N4O3S2/c1-17-7-10-20(11-8-17)37-25-14-13-24(35-25)27-26(21-6-4-5-15-29-21)31-28(36)32(27)19-9-12-23(34-3)22(16-19)30-18(2)33/h4-16,26-27H,1-3H3,(H,30,33)(H,31,36). The van der Waals surface area contributed by atoms with E-state index in [0.717, 1.165) is 27.1 Å². The first-order chi connectivity index (χ1) is 17.9. The molecule has 0 bridgehead atoms. The maximum Gasteiger partial charge on any atom is 0.221 e. The number of amides is 1. The molecule has 37 heavy (non-hydrogen) atoms. The maximum atomic E-state index is 11.8. The zero-order valence-electron chi connectivity index (χ0n) is 20.6. The second kappa shape index (κ2) is 10.7. The highest BCUT2D eigenvalue weighted by molar-refractivity contribution is 7.99. The van der Waals surface area contributed by atoms with Crippen molar-refractivity contribution in [2.24, 2.45) is 0 Å². The van der Waals surface area contributed by atoms with Crippen molar-refractivity contribution in [3.8, 4) is 5.75 Å². The number of furan rings is 1. The average molecular weight is 531 g/mol. The molecule has 5 rings (SSSR count). The smallest absolute Gasteiger partial charge is 0.221 e. The summed E-state index contributed by atoms with van der Waals surface area (Å²) in [5.74, 6) is 1.11. The van der Waals surface area contributed by atoms with Crippen LogP contribution in [0.1, 0.15) is 36.0 Å². The van der Waals surface area contributed by atoms with Crippen molar-refractivity contribution in [3.63, 3.8) is 0 Å². The van der Waals surface area contributed by atoms with Crippen molar-refractivity contribution in [1.29, 1.82) is 0 Å². The van der Waals surface area contributed by atoms with Gasteiger partial charge in [-0.25, -0.2) is 0 Å². The Hall–Kier alpha value is -3.82. The molecular weight excluding hydrogens is 504 g/mol. The molecule has 1 amide bonds. The summed E-state index contributed by atoms with van der Waals surface area (Å²) in [6, 6.07) is 23.1. The Balaban J connectivity index is 1.54. The third-order valence-corrected chi connectivity index (χ3v) is 7.25. The number of thiocarbonyl (C=S) groups is 1. The van der Waals surface area contributed by atoms with Crippen LogP contribution in [-0.4, -0.2) is 23.1 Å². The molecule has 2 aromatic heterocycles. The first-order valence-corrected chi connectivity index (χ1v) is 13.0. The van der Waals surface area contributed by atoms with Gasteiger partial charge in [0, 0.05) is 23.7 Å². The molecule has 1 aliphatic rings. The number of benzene rings is 2. The molecule has 2 aromatic carbocycles. The lowest BCUT2D eigenvalue weighted by molar-refractivity contribution is -0.114. The highest BCUT2D eigenvalue weighted by Gasteiger charge is 2.42. The number of ether oxygens (including phenoxy) is 1. The maximum absolute atomic E-state index is 11.8. The monoisotopic (exact) mass is 530 g/mol. The Labute approximate surface area is 225 Å². The molecule has 2 N–H and O–H groups in total. The van der Waals surface area contributed by atoms with Crippen molar-refractivity contribution in [2.45, 2.75) is 35.9 Å². The molecule has 1 saturated heterocycles. The third-order valence-electron chi connectivity index (χ3n) is 6.00. The van der Waals surface area contributed by atoms with Crippen molar-refractivity contribution in [1.82, 2.24) is 10.3 Å². The molecule has 188 valence electrons. The number of carbonyl (C=O) groups is 1. The van der Waals surface area contributed by atoms with Gasteiger partial charge < -0.3 is 24.7 Å². The van der Waals surface area contributed by atoms with Crippen molar-refractivity contribution < 1.29 is 13.9 Å². The zero-order valence-corrected chi connectivity index (χ0v) is 22.2. The van der Waals surface area contributed by atoms with Gasteiger partial charge in [-0.15, -0.1) is 0 Å². The Morgan fingerprint density at radius 2 is 1.95 bits per heavy atom. The zero-order chi connectivity index (χ0) is 25.9. The fourth-order valence-corrected chi connectivity index (χ4v) is 5.45. The lowest BCUT2D eigenvalue weighted by Crippen LogP contribution is -2.29. The second-order valence-electron chi connectivity index (χ2n) is 8.63. The summed E-state index contributed by atoms with van der Waals surface area (Å²) in [5.41, 5.74) is 3.40. The van der Waals surface area contributed by atoms with Crippen LogP contribution in [0.3, 0.4) is 0 Å². The quantitative estimate of drug-likeness (QED) is 0.270. The number of methoxy groups -OCH3 is 1. The van der Waals surface area contributed by atoms with Gasteiger partial charge in [0.2, 0.25) is 5.91 Å². The fraction of sp³-hybridized carbons (Fsp3) is 0.179. The number of rotatable bonds is 7. The number of nitrogens with zero attached hydrogens (tertiary/aromatic N) is 2. The van der Waals surface area contributed by atoms with Crippen LogP contribution in [0.25, 0.3) is 0 Å². The van der Waals surface area contributed by atoms with Crippen LogP contribution in [0, 0.1) is 6.92 Å². The Bertz CT molecular complexity index is 1420. The lowest BCUT2D eigenvalue weighted by Gasteiger charge is -2.27. The van der Waals surface area contributed by atoms with Crippen LogP contribution in [-0.2, 0) is 4.79 Å². The molecule has 4 aromatic rings. The normalized spacial score (nSPS) is 16.9. The minimum absolute atomic E-state index is 0.190. The summed E-state index contributed by atoms with van der Waals surface area (Å²) in [4.78, 5) is 19.5. The van der Waals surface area contributed by atoms with Gasteiger partial charge in [0.05, 0.1) is 24.5 Å². The summed E-state index contributed by atoms with van der Waals surface area (Å²) in [5, 5.41) is 7.59. The van der Waals surface area contributed by atoms with Crippen molar-refractivity contribution in [3.05, 3.63) is 96.0 Å². The van der Waals surface area contributed by atoms with Crippen LogP contribution in [0.15, 0.2) is 93.4 Å². The Kier molecular flexibility index (Phi) is 7.16. The number of hydrogen-bond donors (Lipinski definition) is 2. The van der Waals surface area contributed by atoms with E-state index >= 15 is 0 Å². The minimum atomic E-state index is -0.312. The fourth-order valence-electron chi connectivity index (χ4n) is 4.33. The first kappa shape index (κ1) is 24.9. The average Bonchev–Trinajstić information content (AvgIpc) is 3.49. The Morgan fingerprint density at radius 1 is 1.14 bits per heavy atom. The summed E-state index contributed by atoms with van der Waals surface area (Å²) in [6.45, 7) is 3.53. The van der Waals surface area contributed by atoms with E-state index in [0.29, 0.717) is 16.5 Å². The first-order valence-electron chi connectivity index (χ1n) is 11.7. The number of anilines is 2. The van der Waals surface area contributed by atoms with Gasteiger partial charge in [0.15, 0.2) is 10.2 Å². The van der Waals surface area contributed by atoms with Gasteiger partial charge in [0.1, 0.15) is 17.6 Å². The van der Waals surface area contributed by atoms with Crippen molar-refractivity contribution in [2.75, 3.05) is 17.3 Å². The third kappa shape index (κ3) is 5.33. The number of nitrogens with one attached hydrogen (secondary N) is 2. The van der Waals surface area contributed by atoms with Gasteiger partial charge in [-0.05, 0) is 73.7 Å². The van der Waals surface area contributed by atoms with Gasteiger partial charge in [-0.2, -0.15) is 0 Å². The van der Waals surface area contributed by atoms with E-state index in [1.165, 1.54) is 12.5 Å². The largest absolute Gasteiger partial charge is 0.495 e. The van der Waals surface area contributed by atoms with Crippen LogP contribution >= 0.6 is 24.0 Å². The van der Waals surface area contributed by atoms with Crippen molar-refractivity contribution >= 4 is 46.4 Å². The summed E-state index contributed by atoms with van der Waals surface area (Å²) in [7, 11) is 1.57. The van der Waals surface area contributed by atoms with Gasteiger partial charge in [0.25, 0.3) is 0 Å². The SMILES string of the molecule is COc1ccc(N2C(=S)NC(c3ccccn3)C2c2ccc(Sc3ccc(C)cc3)o2)cc1NC(C)=O. The number of aromatic nitrogens is 1. The van der Waals surface area contributed by atoms with Crippen LogP contribution in [0.4, 0.5) is 11.4 Å². The molecule has 9 heteroatoms.